The molecule has 0 aliphatic carbocycles. The van der Waals surface area contributed by atoms with Crippen LogP contribution >= 0.6 is 11.3 Å². The number of hydrogen-bond acceptors (Lipinski definition) is 5. The van der Waals surface area contributed by atoms with Crippen molar-refractivity contribution >= 4 is 23.1 Å². The molecule has 0 saturated carbocycles. The van der Waals surface area contributed by atoms with Crippen molar-refractivity contribution in [3.63, 3.8) is 0 Å². The number of aryl methyl sites for hydroxylation is 1. The summed E-state index contributed by atoms with van der Waals surface area (Å²) in [6, 6.07) is 13.1. The number of thiophene rings is 1. The summed E-state index contributed by atoms with van der Waals surface area (Å²) in [6.45, 7) is 5.02. The van der Waals surface area contributed by atoms with Gasteiger partial charge in [-0.3, -0.25) is 0 Å². The molecular formula is C26H30N2O4S. The Morgan fingerprint density at radius 1 is 1.06 bits per heavy atom. The van der Waals surface area contributed by atoms with E-state index in [4.69, 9.17) is 14.2 Å². The number of nitrogens with one attached hydrogen (secondary N) is 1. The van der Waals surface area contributed by atoms with Crippen molar-refractivity contribution in [3.05, 3.63) is 68.9 Å². The van der Waals surface area contributed by atoms with E-state index in [0.29, 0.717) is 23.7 Å². The van der Waals surface area contributed by atoms with Gasteiger partial charge in [-0.15, -0.1) is 11.3 Å². The second-order valence-electron chi connectivity index (χ2n) is 7.95. The first kappa shape index (κ1) is 23.0. The van der Waals surface area contributed by atoms with Gasteiger partial charge in [0.05, 0.1) is 33.1 Å². The number of nitrogens with zero attached hydrogens (tertiary/aromatic N) is 1. The van der Waals surface area contributed by atoms with E-state index in [1.807, 2.05) is 35.2 Å². The molecule has 6 nitrogen and oxygen atoms in total. The monoisotopic (exact) mass is 466 g/mol. The summed E-state index contributed by atoms with van der Waals surface area (Å²) in [5, 5.41) is 3.06. The van der Waals surface area contributed by atoms with E-state index >= 15 is 0 Å². The number of methoxy groups -OCH3 is 3. The molecular weight excluding hydrogens is 436 g/mol. The fourth-order valence-electron chi connectivity index (χ4n) is 4.53. The van der Waals surface area contributed by atoms with Crippen LogP contribution in [-0.4, -0.2) is 38.8 Å². The molecule has 0 saturated heterocycles. The van der Waals surface area contributed by atoms with Crippen LogP contribution in [0.15, 0.2) is 42.5 Å². The molecule has 0 spiro atoms. The smallest absolute Gasteiger partial charge is 0.322 e. The van der Waals surface area contributed by atoms with Crippen molar-refractivity contribution in [1.82, 2.24) is 4.90 Å². The highest BCUT2D eigenvalue weighted by Gasteiger charge is 2.35. The third-order valence-electron chi connectivity index (χ3n) is 6.21. The van der Waals surface area contributed by atoms with Gasteiger partial charge in [-0.2, -0.15) is 0 Å². The van der Waals surface area contributed by atoms with Gasteiger partial charge in [-0.25, -0.2) is 4.79 Å². The summed E-state index contributed by atoms with van der Waals surface area (Å²) in [7, 11) is 4.84. The molecule has 1 aliphatic rings. The summed E-state index contributed by atoms with van der Waals surface area (Å²) in [6.07, 6.45) is 1.85. The van der Waals surface area contributed by atoms with Gasteiger partial charge in [0.25, 0.3) is 0 Å². The molecule has 1 atom stereocenters. The molecule has 33 heavy (non-hydrogen) atoms. The highest BCUT2D eigenvalue weighted by Crippen LogP contribution is 2.43. The van der Waals surface area contributed by atoms with E-state index in [1.54, 1.807) is 44.8 Å². The van der Waals surface area contributed by atoms with Crippen LogP contribution in [-0.2, 0) is 12.8 Å². The lowest BCUT2D eigenvalue weighted by atomic mass is 9.92. The number of carbonyl (C=O) groups is 1. The maximum Gasteiger partial charge on any atom is 0.322 e. The third-order valence-corrected chi connectivity index (χ3v) is 7.45. The maximum atomic E-state index is 13.6. The molecule has 174 valence electrons. The number of anilines is 1. The Balaban J connectivity index is 1.72. The zero-order chi connectivity index (χ0) is 23.5. The highest BCUT2D eigenvalue weighted by atomic mass is 32.1. The average molecular weight is 467 g/mol. The lowest BCUT2D eigenvalue weighted by molar-refractivity contribution is 0.195. The third kappa shape index (κ3) is 4.37. The standard InChI is InChI=1S/C26H30N2O4S/c1-6-20-16(2)33-25-21(20)13-14-28(24(25)17-7-9-18(30-3)10-8-17)26(29)27-22-12-11-19(31-4)15-23(22)32-5/h7-12,15,24H,6,13-14H2,1-5H3,(H,27,29)/t24-/m1/s1. The Bertz CT molecular complexity index is 1140. The number of rotatable bonds is 6. The van der Waals surface area contributed by atoms with Gasteiger partial charge in [-0.1, -0.05) is 19.1 Å². The van der Waals surface area contributed by atoms with Crippen LogP contribution in [0.2, 0.25) is 0 Å². The minimum Gasteiger partial charge on any atom is -0.497 e. The molecule has 0 radical (unpaired) electrons. The first-order valence-corrected chi connectivity index (χ1v) is 11.9. The molecule has 0 bridgehead atoms. The van der Waals surface area contributed by atoms with Crippen LogP contribution in [0.25, 0.3) is 0 Å². The topological polar surface area (TPSA) is 60.0 Å². The molecule has 1 aromatic heterocycles. The van der Waals surface area contributed by atoms with E-state index in [2.05, 4.69) is 19.2 Å². The number of ether oxygens (including phenoxy) is 3. The summed E-state index contributed by atoms with van der Waals surface area (Å²) in [4.78, 5) is 18.1. The Morgan fingerprint density at radius 3 is 2.39 bits per heavy atom. The Hall–Kier alpha value is -3.19. The molecule has 4 rings (SSSR count). The van der Waals surface area contributed by atoms with E-state index in [-0.39, 0.29) is 12.1 Å². The van der Waals surface area contributed by atoms with Crippen molar-refractivity contribution in [3.8, 4) is 17.2 Å². The van der Waals surface area contributed by atoms with Crippen molar-refractivity contribution in [2.24, 2.45) is 0 Å². The number of amides is 2. The Morgan fingerprint density at radius 2 is 1.76 bits per heavy atom. The quantitative estimate of drug-likeness (QED) is 0.497. The summed E-state index contributed by atoms with van der Waals surface area (Å²) < 4.78 is 16.1. The second kappa shape index (κ2) is 9.75. The summed E-state index contributed by atoms with van der Waals surface area (Å²) in [5.74, 6) is 2.02. The molecule has 2 heterocycles. The van der Waals surface area contributed by atoms with Gasteiger partial charge < -0.3 is 24.4 Å². The normalized spacial score (nSPS) is 15.1. The van der Waals surface area contributed by atoms with Crippen LogP contribution in [0, 0.1) is 6.92 Å². The zero-order valence-electron chi connectivity index (χ0n) is 19.7. The van der Waals surface area contributed by atoms with E-state index < -0.39 is 0 Å². The summed E-state index contributed by atoms with van der Waals surface area (Å²) >= 11 is 1.80. The minimum absolute atomic E-state index is 0.158. The van der Waals surface area contributed by atoms with Crippen molar-refractivity contribution in [2.75, 3.05) is 33.2 Å². The number of carbonyl (C=O) groups excluding carboxylic acids is 1. The average Bonchev–Trinajstić information content (AvgIpc) is 3.18. The Labute approximate surface area is 199 Å². The highest BCUT2D eigenvalue weighted by molar-refractivity contribution is 7.12. The van der Waals surface area contributed by atoms with E-state index in [9.17, 15) is 4.79 Å². The number of hydrogen-bond donors (Lipinski definition) is 1. The van der Waals surface area contributed by atoms with Crippen LogP contribution < -0.4 is 19.5 Å². The van der Waals surface area contributed by atoms with E-state index in [0.717, 1.165) is 24.2 Å². The largest absolute Gasteiger partial charge is 0.497 e. The molecule has 7 heteroatoms. The molecule has 0 fully saturated rings. The van der Waals surface area contributed by atoms with Crippen molar-refractivity contribution in [2.45, 2.75) is 32.7 Å². The second-order valence-corrected chi connectivity index (χ2v) is 9.20. The van der Waals surface area contributed by atoms with Crippen LogP contribution in [0.5, 0.6) is 17.2 Å². The maximum absolute atomic E-state index is 13.6. The van der Waals surface area contributed by atoms with Gasteiger partial charge in [0.2, 0.25) is 0 Å². The predicted molar refractivity (Wildman–Crippen MR) is 132 cm³/mol. The fraction of sp³-hybridized carbons (Fsp3) is 0.346. The zero-order valence-corrected chi connectivity index (χ0v) is 20.5. The van der Waals surface area contributed by atoms with Gasteiger partial charge in [0.1, 0.15) is 17.2 Å². The molecule has 0 unspecified atom stereocenters. The molecule has 2 amide bonds. The van der Waals surface area contributed by atoms with E-state index in [1.165, 1.54) is 20.9 Å². The minimum atomic E-state index is -0.159. The van der Waals surface area contributed by atoms with Crippen LogP contribution in [0.1, 0.15) is 39.4 Å². The predicted octanol–water partition coefficient (Wildman–Crippen LogP) is 5.82. The molecule has 3 aromatic rings. The summed E-state index contributed by atoms with van der Waals surface area (Å²) in [5.41, 5.74) is 4.49. The van der Waals surface area contributed by atoms with Crippen molar-refractivity contribution in [1.29, 1.82) is 0 Å². The SMILES string of the molecule is CCc1c(C)sc2c1CCN(C(=O)Nc1ccc(OC)cc1OC)[C@@H]2c1ccc(OC)cc1. The molecule has 1 N–H and O–H groups in total. The molecule has 1 aliphatic heterocycles. The van der Waals surface area contributed by atoms with Gasteiger partial charge >= 0.3 is 6.03 Å². The number of benzene rings is 2. The lowest BCUT2D eigenvalue weighted by Crippen LogP contribution is -2.42. The first-order valence-electron chi connectivity index (χ1n) is 11.0. The fourth-order valence-corrected chi connectivity index (χ4v) is 5.98. The van der Waals surface area contributed by atoms with Crippen LogP contribution in [0.4, 0.5) is 10.5 Å². The van der Waals surface area contributed by atoms with Gasteiger partial charge in [-0.05, 0) is 60.7 Å². The molecule has 2 aromatic carbocycles. The van der Waals surface area contributed by atoms with Gasteiger partial charge in [0.15, 0.2) is 0 Å². The number of fused-ring (bicyclic) bond motifs is 1. The van der Waals surface area contributed by atoms with Crippen LogP contribution in [0.3, 0.4) is 0 Å². The van der Waals surface area contributed by atoms with Gasteiger partial charge in [0, 0.05) is 22.4 Å². The Kier molecular flexibility index (Phi) is 6.79. The number of urea groups is 1. The lowest BCUT2D eigenvalue weighted by Gasteiger charge is -2.36. The van der Waals surface area contributed by atoms with Crippen molar-refractivity contribution < 1.29 is 19.0 Å². The first-order chi connectivity index (χ1) is 16.0.